The van der Waals surface area contributed by atoms with Crippen LogP contribution in [0.5, 0.6) is 5.75 Å². The van der Waals surface area contributed by atoms with Crippen molar-refractivity contribution in [1.82, 2.24) is 5.32 Å². The first-order valence-electron chi connectivity index (χ1n) is 5.99. The Morgan fingerprint density at radius 2 is 2.25 bits per heavy atom. The molecule has 0 bridgehead atoms. The summed E-state index contributed by atoms with van der Waals surface area (Å²) >= 11 is 3.51. The van der Waals surface area contributed by atoms with Gasteiger partial charge in [0.15, 0.2) is 0 Å². The quantitative estimate of drug-likeness (QED) is 0.855. The molecule has 1 N–H and O–H groups in total. The first kappa shape index (κ1) is 10.6. The average molecular weight is 282 g/mol. The Morgan fingerprint density at radius 3 is 3.06 bits per heavy atom. The van der Waals surface area contributed by atoms with Crippen molar-refractivity contribution < 1.29 is 4.74 Å². The van der Waals surface area contributed by atoms with Crippen LogP contribution >= 0.6 is 15.9 Å². The van der Waals surface area contributed by atoms with Crippen molar-refractivity contribution in [1.29, 1.82) is 0 Å². The van der Waals surface area contributed by atoms with Crippen LogP contribution in [0.3, 0.4) is 0 Å². The number of rotatable bonds is 1. The van der Waals surface area contributed by atoms with Gasteiger partial charge < -0.3 is 10.1 Å². The van der Waals surface area contributed by atoms with Gasteiger partial charge in [-0.05, 0) is 49.6 Å². The van der Waals surface area contributed by atoms with E-state index in [1.54, 1.807) is 0 Å². The van der Waals surface area contributed by atoms with Crippen LogP contribution < -0.4 is 10.1 Å². The lowest BCUT2D eigenvalue weighted by Crippen LogP contribution is -2.32. The lowest BCUT2D eigenvalue weighted by Gasteiger charge is -2.30. The maximum atomic E-state index is 6.11. The smallest absolute Gasteiger partial charge is 0.122 e. The predicted molar refractivity (Wildman–Crippen MR) is 67.9 cm³/mol. The van der Waals surface area contributed by atoms with Crippen LogP contribution in [-0.2, 0) is 6.42 Å². The van der Waals surface area contributed by atoms with Gasteiger partial charge in [-0.1, -0.05) is 15.9 Å². The molecule has 1 aromatic carbocycles. The van der Waals surface area contributed by atoms with Crippen molar-refractivity contribution in [2.75, 3.05) is 13.1 Å². The van der Waals surface area contributed by atoms with E-state index in [4.69, 9.17) is 4.74 Å². The molecule has 16 heavy (non-hydrogen) atoms. The Bertz CT molecular complexity index is 388. The molecule has 86 valence electrons. The molecule has 0 amide bonds. The Labute approximate surface area is 105 Å². The molecule has 2 atom stereocenters. The van der Waals surface area contributed by atoms with Crippen LogP contribution in [0.25, 0.3) is 0 Å². The number of fused-ring (bicyclic) bond motifs is 1. The van der Waals surface area contributed by atoms with E-state index in [9.17, 15) is 0 Å². The van der Waals surface area contributed by atoms with Crippen LogP contribution in [-0.4, -0.2) is 19.2 Å². The molecule has 0 spiro atoms. The van der Waals surface area contributed by atoms with Gasteiger partial charge in [0.25, 0.3) is 0 Å². The van der Waals surface area contributed by atoms with Crippen molar-refractivity contribution in [3.05, 3.63) is 28.2 Å². The van der Waals surface area contributed by atoms with Gasteiger partial charge >= 0.3 is 0 Å². The third kappa shape index (κ3) is 1.98. The van der Waals surface area contributed by atoms with E-state index in [2.05, 4.69) is 39.4 Å². The molecule has 1 saturated heterocycles. The van der Waals surface area contributed by atoms with Gasteiger partial charge in [-0.3, -0.25) is 0 Å². The molecule has 3 heteroatoms. The van der Waals surface area contributed by atoms with Crippen LogP contribution in [0, 0.1) is 5.92 Å². The van der Waals surface area contributed by atoms with E-state index in [0.717, 1.165) is 36.2 Å². The number of aryl methyl sites for hydroxylation is 1. The summed E-state index contributed by atoms with van der Waals surface area (Å²) in [6, 6.07) is 6.33. The van der Waals surface area contributed by atoms with Crippen LogP contribution in [0.1, 0.15) is 18.4 Å². The van der Waals surface area contributed by atoms with Crippen LogP contribution in [0.4, 0.5) is 0 Å². The molecule has 0 radical (unpaired) electrons. The second-order valence-corrected chi connectivity index (χ2v) is 5.62. The van der Waals surface area contributed by atoms with Crippen molar-refractivity contribution in [2.45, 2.75) is 25.4 Å². The van der Waals surface area contributed by atoms with Gasteiger partial charge in [0.05, 0.1) is 0 Å². The van der Waals surface area contributed by atoms with Crippen LogP contribution in [0.2, 0.25) is 0 Å². The van der Waals surface area contributed by atoms with Gasteiger partial charge in [-0.2, -0.15) is 0 Å². The lowest BCUT2D eigenvalue weighted by atomic mass is 9.93. The molecular formula is C13H16BrNO. The van der Waals surface area contributed by atoms with Gasteiger partial charge in [0.2, 0.25) is 0 Å². The maximum Gasteiger partial charge on any atom is 0.122 e. The molecule has 3 rings (SSSR count). The summed E-state index contributed by atoms with van der Waals surface area (Å²) in [6.45, 7) is 2.27. The predicted octanol–water partition coefficient (Wildman–Crippen LogP) is 2.75. The summed E-state index contributed by atoms with van der Waals surface area (Å²) in [5, 5.41) is 3.42. The molecule has 2 unspecified atom stereocenters. The topological polar surface area (TPSA) is 21.3 Å². The highest BCUT2D eigenvalue weighted by atomic mass is 79.9. The van der Waals surface area contributed by atoms with Gasteiger partial charge in [-0.25, -0.2) is 0 Å². The van der Waals surface area contributed by atoms with Gasteiger partial charge in [-0.15, -0.1) is 0 Å². The molecule has 2 aliphatic heterocycles. The average Bonchev–Trinajstić information content (AvgIpc) is 2.82. The molecule has 2 aliphatic rings. The number of hydrogen-bond acceptors (Lipinski definition) is 2. The number of halogens is 1. The minimum Gasteiger partial charge on any atom is -0.490 e. The van der Waals surface area contributed by atoms with Crippen molar-refractivity contribution >= 4 is 15.9 Å². The summed E-state index contributed by atoms with van der Waals surface area (Å²) in [7, 11) is 0. The van der Waals surface area contributed by atoms with Crippen molar-refractivity contribution in [3.63, 3.8) is 0 Å². The first-order valence-corrected chi connectivity index (χ1v) is 6.78. The van der Waals surface area contributed by atoms with Gasteiger partial charge in [0, 0.05) is 16.9 Å². The summed E-state index contributed by atoms with van der Waals surface area (Å²) in [6.07, 6.45) is 3.99. The molecule has 2 heterocycles. The summed E-state index contributed by atoms with van der Waals surface area (Å²) in [5.74, 6) is 1.79. The Kier molecular flexibility index (Phi) is 2.90. The monoisotopic (exact) mass is 281 g/mol. The zero-order chi connectivity index (χ0) is 11.0. The Morgan fingerprint density at radius 1 is 1.31 bits per heavy atom. The van der Waals surface area contributed by atoms with E-state index in [-0.39, 0.29) is 0 Å². The van der Waals surface area contributed by atoms with Crippen molar-refractivity contribution in [2.24, 2.45) is 5.92 Å². The zero-order valence-corrected chi connectivity index (χ0v) is 10.8. The van der Waals surface area contributed by atoms with E-state index >= 15 is 0 Å². The second-order valence-electron chi connectivity index (χ2n) is 4.70. The minimum atomic E-state index is 0.420. The van der Waals surface area contributed by atoms with Gasteiger partial charge in [0.1, 0.15) is 11.9 Å². The number of benzene rings is 1. The normalized spacial score (nSPS) is 28.6. The maximum absolute atomic E-state index is 6.11. The molecule has 2 nitrogen and oxygen atoms in total. The molecule has 1 aromatic rings. The highest BCUT2D eigenvalue weighted by Crippen LogP contribution is 2.33. The van der Waals surface area contributed by atoms with E-state index in [0.29, 0.717) is 12.0 Å². The summed E-state index contributed by atoms with van der Waals surface area (Å²) < 4.78 is 7.26. The highest BCUT2D eigenvalue weighted by Gasteiger charge is 2.29. The Balaban J connectivity index is 1.78. The van der Waals surface area contributed by atoms with Crippen LogP contribution in [0.15, 0.2) is 22.7 Å². The standard InChI is InChI=1S/C13H16BrNO/c14-11-2-4-12-9(7-11)1-3-13(16-12)10-5-6-15-8-10/h2,4,7,10,13,15H,1,3,5-6,8H2. The SMILES string of the molecule is Brc1ccc2c(c1)CCC(C1CCNC1)O2. The summed E-state index contributed by atoms with van der Waals surface area (Å²) in [4.78, 5) is 0. The minimum absolute atomic E-state index is 0.420. The fourth-order valence-corrected chi connectivity index (χ4v) is 3.11. The summed E-state index contributed by atoms with van der Waals surface area (Å²) in [5.41, 5.74) is 1.34. The van der Waals surface area contributed by atoms with E-state index in [1.165, 1.54) is 12.0 Å². The Hall–Kier alpha value is -0.540. The molecule has 0 aromatic heterocycles. The first-order chi connectivity index (χ1) is 7.83. The highest BCUT2D eigenvalue weighted by molar-refractivity contribution is 9.10. The third-order valence-electron chi connectivity index (χ3n) is 3.62. The fraction of sp³-hybridized carbons (Fsp3) is 0.538. The molecular weight excluding hydrogens is 266 g/mol. The zero-order valence-electron chi connectivity index (χ0n) is 9.21. The number of ether oxygens (including phenoxy) is 1. The van der Waals surface area contributed by atoms with Crippen molar-refractivity contribution in [3.8, 4) is 5.75 Å². The molecule has 1 fully saturated rings. The third-order valence-corrected chi connectivity index (χ3v) is 4.12. The fourth-order valence-electron chi connectivity index (χ4n) is 2.70. The molecule has 0 saturated carbocycles. The largest absolute Gasteiger partial charge is 0.490 e. The van der Waals surface area contributed by atoms with E-state index < -0.39 is 0 Å². The molecule has 0 aliphatic carbocycles. The van der Waals surface area contributed by atoms with E-state index in [1.807, 2.05) is 0 Å². The second kappa shape index (κ2) is 4.38. The number of nitrogens with one attached hydrogen (secondary N) is 1. The number of hydrogen-bond donors (Lipinski definition) is 1. The lowest BCUT2D eigenvalue weighted by molar-refractivity contribution is 0.119.